The van der Waals surface area contributed by atoms with Crippen molar-refractivity contribution in [1.82, 2.24) is 15.6 Å². The Labute approximate surface area is 143 Å². The van der Waals surface area contributed by atoms with Crippen molar-refractivity contribution in [2.45, 2.75) is 46.1 Å². The summed E-state index contributed by atoms with van der Waals surface area (Å²) in [5.41, 5.74) is 0.962. The number of carbonyl (C=O) groups excluding carboxylic acids is 1. The predicted octanol–water partition coefficient (Wildman–Crippen LogP) is 2.98. The van der Waals surface area contributed by atoms with Gasteiger partial charge in [0.2, 0.25) is 0 Å². The zero-order chi connectivity index (χ0) is 13.8. The summed E-state index contributed by atoms with van der Waals surface area (Å²) in [6.07, 6.45) is 2.91. The molecule has 1 amide bonds. The maximum atomic E-state index is 12.4. The Morgan fingerprint density at radius 3 is 2.57 bits per heavy atom. The number of hydrogen-bond donors (Lipinski definition) is 2. The molecule has 0 saturated carbocycles. The smallest absolute Gasteiger partial charge is 0.263 e. The number of carbonyl (C=O) groups is 1. The number of hydrogen-bond acceptors (Lipinski definition) is 4. The van der Waals surface area contributed by atoms with Crippen molar-refractivity contribution >= 4 is 42.1 Å². The van der Waals surface area contributed by atoms with Crippen LogP contribution in [0.1, 0.15) is 47.1 Å². The summed E-state index contributed by atoms with van der Waals surface area (Å²) < 4.78 is 0. The molecule has 0 radical (unpaired) electrons. The lowest BCUT2D eigenvalue weighted by Gasteiger charge is -2.23. The van der Waals surface area contributed by atoms with E-state index in [4.69, 9.17) is 0 Å². The van der Waals surface area contributed by atoms with Crippen LogP contribution in [0.5, 0.6) is 0 Å². The number of nitrogens with zero attached hydrogens (tertiary/aromatic N) is 1. The lowest BCUT2D eigenvalue weighted by molar-refractivity contribution is 0.0932. The molecule has 21 heavy (non-hydrogen) atoms. The van der Waals surface area contributed by atoms with Crippen molar-refractivity contribution in [2.24, 2.45) is 5.92 Å². The van der Waals surface area contributed by atoms with Gasteiger partial charge in [-0.3, -0.25) is 4.79 Å². The second-order valence-electron chi connectivity index (χ2n) is 5.60. The summed E-state index contributed by atoms with van der Waals surface area (Å²) >= 11 is 1.51. The molecule has 0 aromatic carbocycles. The minimum atomic E-state index is 0. The van der Waals surface area contributed by atoms with Crippen LogP contribution in [0.2, 0.25) is 0 Å². The van der Waals surface area contributed by atoms with Crippen LogP contribution >= 0.6 is 36.2 Å². The molecule has 1 fully saturated rings. The van der Waals surface area contributed by atoms with Crippen molar-refractivity contribution < 1.29 is 4.79 Å². The lowest BCUT2D eigenvalue weighted by Crippen LogP contribution is -2.42. The SMILES string of the molecule is Cc1nc(CC(C)C)c(C(=O)NC2CCNCC2)s1.Cl.Cl. The first-order valence-electron chi connectivity index (χ1n) is 7.04. The first kappa shape index (κ1) is 20.6. The second kappa shape index (κ2) is 9.62. The van der Waals surface area contributed by atoms with E-state index in [9.17, 15) is 4.79 Å². The topological polar surface area (TPSA) is 54.0 Å². The van der Waals surface area contributed by atoms with Crippen LogP contribution in [0.25, 0.3) is 0 Å². The Bertz CT molecular complexity index is 445. The van der Waals surface area contributed by atoms with Gasteiger partial charge in [0.1, 0.15) is 4.88 Å². The van der Waals surface area contributed by atoms with Crippen molar-refractivity contribution in [1.29, 1.82) is 0 Å². The molecule has 1 saturated heterocycles. The van der Waals surface area contributed by atoms with Gasteiger partial charge >= 0.3 is 0 Å². The zero-order valence-electron chi connectivity index (χ0n) is 12.8. The lowest BCUT2D eigenvalue weighted by atomic mass is 10.1. The molecule has 1 aromatic rings. The molecule has 2 rings (SSSR count). The highest BCUT2D eigenvalue weighted by Gasteiger charge is 2.21. The zero-order valence-corrected chi connectivity index (χ0v) is 15.2. The van der Waals surface area contributed by atoms with Crippen LogP contribution in [0, 0.1) is 12.8 Å². The summed E-state index contributed by atoms with van der Waals surface area (Å²) in [5.74, 6) is 0.583. The molecular formula is C14H25Cl2N3OS. The number of rotatable bonds is 4. The Morgan fingerprint density at radius 2 is 2.00 bits per heavy atom. The van der Waals surface area contributed by atoms with Crippen LogP contribution in [-0.4, -0.2) is 30.0 Å². The van der Waals surface area contributed by atoms with Crippen molar-refractivity contribution in [3.05, 3.63) is 15.6 Å². The fourth-order valence-corrected chi connectivity index (χ4v) is 3.24. The fourth-order valence-electron chi connectivity index (χ4n) is 2.39. The summed E-state index contributed by atoms with van der Waals surface area (Å²) in [7, 11) is 0. The third-order valence-corrected chi connectivity index (χ3v) is 4.30. The molecular weight excluding hydrogens is 329 g/mol. The van der Waals surface area contributed by atoms with E-state index in [1.807, 2.05) is 6.92 Å². The highest BCUT2D eigenvalue weighted by molar-refractivity contribution is 7.13. The molecule has 2 N–H and O–H groups in total. The van der Waals surface area contributed by atoms with Crippen molar-refractivity contribution in [3.63, 3.8) is 0 Å². The first-order valence-corrected chi connectivity index (χ1v) is 7.85. The molecule has 1 aromatic heterocycles. The molecule has 0 unspecified atom stereocenters. The molecule has 122 valence electrons. The van der Waals surface area contributed by atoms with Gasteiger partial charge in [-0.2, -0.15) is 0 Å². The highest BCUT2D eigenvalue weighted by Crippen LogP contribution is 2.21. The monoisotopic (exact) mass is 353 g/mol. The number of halogens is 2. The fraction of sp³-hybridized carbons (Fsp3) is 0.714. The van der Waals surface area contributed by atoms with Crippen LogP contribution in [-0.2, 0) is 6.42 Å². The molecule has 0 bridgehead atoms. The average molecular weight is 354 g/mol. The first-order chi connectivity index (χ1) is 9.06. The third-order valence-electron chi connectivity index (χ3n) is 3.29. The van der Waals surface area contributed by atoms with Crippen LogP contribution in [0.3, 0.4) is 0 Å². The summed E-state index contributed by atoms with van der Waals surface area (Å²) in [6.45, 7) is 8.26. The average Bonchev–Trinajstić information content (AvgIpc) is 2.70. The van der Waals surface area contributed by atoms with E-state index in [1.165, 1.54) is 11.3 Å². The van der Waals surface area contributed by atoms with Crippen LogP contribution < -0.4 is 10.6 Å². The molecule has 4 nitrogen and oxygen atoms in total. The summed E-state index contributed by atoms with van der Waals surface area (Å²) in [5, 5.41) is 7.44. The van der Waals surface area contributed by atoms with Crippen molar-refractivity contribution in [2.75, 3.05) is 13.1 Å². The van der Waals surface area contributed by atoms with Gasteiger partial charge in [0, 0.05) is 6.04 Å². The maximum absolute atomic E-state index is 12.4. The van der Waals surface area contributed by atoms with E-state index in [0.29, 0.717) is 12.0 Å². The largest absolute Gasteiger partial charge is 0.348 e. The van der Waals surface area contributed by atoms with Gasteiger partial charge in [0.05, 0.1) is 10.7 Å². The molecule has 0 aliphatic carbocycles. The molecule has 1 aliphatic rings. The van der Waals surface area contributed by atoms with E-state index in [1.54, 1.807) is 0 Å². The maximum Gasteiger partial charge on any atom is 0.263 e. The second-order valence-corrected chi connectivity index (χ2v) is 6.81. The number of aromatic nitrogens is 1. The standard InChI is InChI=1S/C14H23N3OS.2ClH/c1-9(2)8-12-13(19-10(3)16-12)14(18)17-11-4-6-15-7-5-11;;/h9,11,15H,4-8H2,1-3H3,(H,17,18);2*1H. The Hall–Kier alpha value is -0.360. The number of piperidine rings is 1. The van der Waals surface area contributed by atoms with Crippen LogP contribution in [0.4, 0.5) is 0 Å². The Balaban J connectivity index is 0.00000200. The van der Waals surface area contributed by atoms with Gasteiger partial charge < -0.3 is 10.6 Å². The minimum absolute atomic E-state index is 0. The molecule has 2 heterocycles. The normalized spacial score (nSPS) is 15.2. The van der Waals surface area contributed by atoms with Gasteiger partial charge in [-0.15, -0.1) is 36.2 Å². The van der Waals surface area contributed by atoms with E-state index in [2.05, 4.69) is 29.5 Å². The Kier molecular flexibility index (Phi) is 9.45. The quantitative estimate of drug-likeness (QED) is 0.874. The van der Waals surface area contributed by atoms with Gasteiger partial charge in [-0.05, 0) is 45.2 Å². The number of amides is 1. The van der Waals surface area contributed by atoms with E-state index in [-0.39, 0.29) is 30.7 Å². The molecule has 1 aliphatic heterocycles. The minimum Gasteiger partial charge on any atom is -0.348 e. The molecule has 0 atom stereocenters. The van der Waals surface area contributed by atoms with Gasteiger partial charge in [-0.1, -0.05) is 13.8 Å². The molecule has 7 heteroatoms. The van der Waals surface area contributed by atoms with E-state index < -0.39 is 0 Å². The highest BCUT2D eigenvalue weighted by atomic mass is 35.5. The van der Waals surface area contributed by atoms with Gasteiger partial charge in [-0.25, -0.2) is 4.98 Å². The third kappa shape index (κ3) is 6.10. The number of nitrogens with one attached hydrogen (secondary N) is 2. The van der Waals surface area contributed by atoms with Gasteiger partial charge in [0.15, 0.2) is 0 Å². The predicted molar refractivity (Wildman–Crippen MR) is 93.2 cm³/mol. The molecule has 0 spiro atoms. The summed E-state index contributed by atoms with van der Waals surface area (Å²) in [4.78, 5) is 17.7. The van der Waals surface area contributed by atoms with Crippen molar-refractivity contribution in [3.8, 4) is 0 Å². The Morgan fingerprint density at radius 1 is 1.38 bits per heavy atom. The van der Waals surface area contributed by atoms with E-state index >= 15 is 0 Å². The van der Waals surface area contributed by atoms with Crippen LogP contribution in [0.15, 0.2) is 0 Å². The number of aryl methyl sites for hydroxylation is 1. The van der Waals surface area contributed by atoms with Gasteiger partial charge in [0.25, 0.3) is 5.91 Å². The number of thiazole rings is 1. The summed E-state index contributed by atoms with van der Waals surface area (Å²) in [6, 6.07) is 0.308. The van der Waals surface area contributed by atoms with E-state index in [0.717, 1.165) is 47.9 Å².